The van der Waals surface area contributed by atoms with Gasteiger partial charge in [0.05, 0.1) is 11.0 Å². The van der Waals surface area contributed by atoms with E-state index in [1.165, 1.54) is 23.9 Å². The molecule has 1 aromatic carbocycles. The highest BCUT2D eigenvalue weighted by molar-refractivity contribution is 8.01. The minimum atomic E-state index is -4.80. The second-order valence-corrected chi connectivity index (χ2v) is 6.22. The smallest absolute Gasteiger partial charge is 0.406 e. The highest BCUT2D eigenvalue weighted by atomic mass is 32.2. The molecule has 1 aromatic rings. The van der Waals surface area contributed by atoms with Crippen molar-refractivity contribution in [2.24, 2.45) is 0 Å². The standard InChI is InChI=1S/C14H13F3N2O4S/c1-8-13(22)19(12(21)7-24-8)6-11(20)18-9-2-4-10(5-3-9)23-14(15,16)17/h2-5,8H,6-7H2,1H3,(H,18,20)/t8-/m0/s1. The lowest BCUT2D eigenvalue weighted by Crippen LogP contribution is -2.49. The molecular weight excluding hydrogens is 349 g/mol. The molecule has 0 unspecified atom stereocenters. The molecule has 0 aliphatic carbocycles. The van der Waals surface area contributed by atoms with Crippen LogP contribution < -0.4 is 10.1 Å². The van der Waals surface area contributed by atoms with E-state index in [9.17, 15) is 27.6 Å². The molecule has 0 aromatic heterocycles. The number of imide groups is 1. The van der Waals surface area contributed by atoms with E-state index < -0.39 is 41.6 Å². The molecule has 1 saturated heterocycles. The van der Waals surface area contributed by atoms with Crippen LogP contribution in [0, 0.1) is 0 Å². The van der Waals surface area contributed by atoms with Gasteiger partial charge in [-0.25, -0.2) is 0 Å². The molecule has 1 atom stereocenters. The second kappa shape index (κ2) is 7.12. The van der Waals surface area contributed by atoms with Crippen molar-refractivity contribution in [3.05, 3.63) is 24.3 Å². The minimum absolute atomic E-state index is 0.115. The van der Waals surface area contributed by atoms with E-state index in [1.807, 2.05) is 0 Å². The predicted molar refractivity (Wildman–Crippen MR) is 80.4 cm³/mol. The Morgan fingerprint density at radius 1 is 1.33 bits per heavy atom. The van der Waals surface area contributed by atoms with E-state index in [0.29, 0.717) is 0 Å². The number of carbonyl (C=O) groups is 3. The van der Waals surface area contributed by atoms with Crippen LogP contribution in [0.25, 0.3) is 0 Å². The van der Waals surface area contributed by atoms with Crippen LogP contribution in [0.1, 0.15) is 6.92 Å². The number of anilines is 1. The fraction of sp³-hybridized carbons (Fsp3) is 0.357. The zero-order valence-electron chi connectivity index (χ0n) is 12.4. The molecule has 10 heteroatoms. The van der Waals surface area contributed by atoms with Gasteiger partial charge in [-0.2, -0.15) is 0 Å². The summed E-state index contributed by atoms with van der Waals surface area (Å²) in [4.78, 5) is 36.4. The van der Waals surface area contributed by atoms with Gasteiger partial charge in [-0.15, -0.1) is 24.9 Å². The number of hydrogen-bond acceptors (Lipinski definition) is 5. The lowest BCUT2D eigenvalue weighted by molar-refractivity contribution is -0.274. The fourth-order valence-corrected chi connectivity index (χ4v) is 2.76. The van der Waals surface area contributed by atoms with Crippen LogP contribution >= 0.6 is 11.8 Å². The van der Waals surface area contributed by atoms with Crippen molar-refractivity contribution >= 4 is 35.2 Å². The number of nitrogens with one attached hydrogen (secondary N) is 1. The third-order valence-electron chi connectivity index (χ3n) is 3.05. The summed E-state index contributed by atoms with van der Waals surface area (Å²) in [6.07, 6.45) is -4.80. The Morgan fingerprint density at radius 3 is 2.54 bits per heavy atom. The van der Waals surface area contributed by atoms with Gasteiger partial charge < -0.3 is 10.1 Å². The van der Waals surface area contributed by atoms with Gasteiger partial charge in [0.1, 0.15) is 12.3 Å². The minimum Gasteiger partial charge on any atom is -0.406 e. The van der Waals surface area contributed by atoms with Crippen molar-refractivity contribution in [2.75, 3.05) is 17.6 Å². The van der Waals surface area contributed by atoms with Crippen LogP contribution in [-0.4, -0.2) is 46.5 Å². The van der Waals surface area contributed by atoms with Crippen LogP contribution in [0.3, 0.4) is 0 Å². The van der Waals surface area contributed by atoms with E-state index in [4.69, 9.17) is 0 Å². The molecule has 1 heterocycles. The Morgan fingerprint density at radius 2 is 1.96 bits per heavy atom. The lowest BCUT2D eigenvalue weighted by atomic mass is 10.3. The van der Waals surface area contributed by atoms with E-state index >= 15 is 0 Å². The topological polar surface area (TPSA) is 75.7 Å². The van der Waals surface area contributed by atoms with Crippen LogP contribution in [0.5, 0.6) is 5.75 Å². The zero-order valence-corrected chi connectivity index (χ0v) is 13.2. The maximum absolute atomic E-state index is 12.1. The summed E-state index contributed by atoms with van der Waals surface area (Å²) in [7, 11) is 0. The summed E-state index contributed by atoms with van der Waals surface area (Å²) in [5.74, 6) is -1.83. The van der Waals surface area contributed by atoms with Gasteiger partial charge in [-0.05, 0) is 31.2 Å². The first kappa shape index (κ1) is 18.1. The van der Waals surface area contributed by atoms with Crippen molar-refractivity contribution in [2.45, 2.75) is 18.5 Å². The van der Waals surface area contributed by atoms with Crippen LogP contribution in [0.15, 0.2) is 24.3 Å². The SMILES string of the molecule is C[C@@H]1SCC(=O)N(CC(=O)Nc2ccc(OC(F)(F)F)cc2)C1=O. The highest BCUT2D eigenvalue weighted by Gasteiger charge is 2.33. The van der Waals surface area contributed by atoms with Gasteiger partial charge in [0, 0.05) is 5.69 Å². The number of thioether (sulfide) groups is 1. The summed E-state index contributed by atoms with van der Waals surface area (Å²) < 4.78 is 39.9. The van der Waals surface area contributed by atoms with Crippen molar-refractivity contribution in [1.82, 2.24) is 4.90 Å². The van der Waals surface area contributed by atoms with Gasteiger partial charge in [-0.3, -0.25) is 19.3 Å². The van der Waals surface area contributed by atoms with Gasteiger partial charge in [0.25, 0.3) is 0 Å². The van der Waals surface area contributed by atoms with Gasteiger partial charge in [0.2, 0.25) is 17.7 Å². The molecule has 1 aliphatic heterocycles. The largest absolute Gasteiger partial charge is 0.573 e. The Bertz CT molecular complexity index is 648. The monoisotopic (exact) mass is 362 g/mol. The number of alkyl halides is 3. The highest BCUT2D eigenvalue weighted by Crippen LogP contribution is 2.24. The summed E-state index contributed by atoms with van der Waals surface area (Å²) in [5, 5.41) is 2.00. The molecule has 0 spiro atoms. The Labute approximate surface area is 139 Å². The number of hydrogen-bond donors (Lipinski definition) is 1. The van der Waals surface area contributed by atoms with Crippen molar-refractivity contribution < 1.29 is 32.3 Å². The summed E-state index contributed by atoms with van der Waals surface area (Å²) in [6.45, 7) is 1.20. The third-order valence-corrected chi connectivity index (χ3v) is 4.16. The number of carbonyl (C=O) groups excluding carboxylic acids is 3. The molecule has 1 N–H and O–H groups in total. The zero-order chi connectivity index (χ0) is 17.9. The van der Waals surface area contributed by atoms with Crippen LogP contribution in [0.2, 0.25) is 0 Å². The molecule has 2 rings (SSSR count). The molecule has 24 heavy (non-hydrogen) atoms. The Balaban J connectivity index is 1.94. The van der Waals surface area contributed by atoms with Gasteiger partial charge >= 0.3 is 6.36 Å². The quantitative estimate of drug-likeness (QED) is 0.830. The number of rotatable bonds is 4. The summed E-state index contributed by atoms with van der Waals surface area (Å²) >= 11 is 1.20. The first-order chi connectivity index (χ1) is 11.2. The number of ether oxygens (including phenoxy) is 1. The number of benzene rings is 1. The molecule has 6 nitrogen and oxygen atoms in total. The van der Waals surface area contributed by atoms with E-state index in [1.54, 1.807) is 6.92 Å². The van der Waals surface area contributed by atoms with Crippen molar-refractivity contribution in [3.63, 3.8) is 0 Å². The molecule has 3 amide bonds. The molecular formula is C14H13F3N2O4S. The van der Waals surface area contributed by atoms with Crippen LogP contribution in [0.4, 0.5) is 18.9 Å². The number of nitrogens with zero attached hydrogens (tertiary/aromatic N) is 1. The third kappa shape index (κ3) is 4.88. The van der Waals surface area contributed by atoms with E-state index in [0.717, 1.165) is 17.0 Å². The normalized spacial score (nSPS) is 18.5. The average molecular weight is 362 g/mol. The molecule has 0 radical (unpaired) electrons. The molecule has 0 bridgehead atoms. The first-order valence-corrected chi connectivity index (χ1v) is 7.82. The molecule has 0 saturated carbocycles. The number of amides is 3. The second-order valence-electron chi connectivity index (χ2n) is 4.89. The van der Waals surface area contributed by atoms with Crippen molar-refractivity contribution in [3.8, 4) is 5.75 Å². The van der Waals surface area contributed by atoms with Gasteiger partial charge in [-0.1, -0.05) is 0 Å². The first-order valence-electron chi connectivity index (χ1n) is 6.77. The summed E-state index contributed by atoms with van der Waals surface area (Å²) in [6, 6.07) is 4.52. The molecule has 1 fully saturated rings. The average Bonchev–Trinajstić information content (AvgIpc) is 2.48. The predicted octanol–water partition coefficient (Wildman–Crippen LogP) is 2.01. The number of halogens is 3. The lowest BCUT2D eigenvalue weighted by Gasteiger charge is -2.27. The van der Waals surface area contributed by atoms with Gasteiger partial charge in [0.15, 0.2) is 0 Å². The van der Waals surface area contributed by atoms with E-state index in [2.05, 4.69) is 10.1 Å². The molecule has 130 valence electrons. The Hall–Kier alpha value is -2.23. The van der Waals surface area contributed by atoms with E-state index in [-0.39, 0.29) is 11.4 Å². The van der Waals surface area contributed by atoms with Crippen LogP contribution in [-0.2, 0) is 14.4 Å². The Kier molecular flexibility index (Phi) is 5.37. The maximum Gasteiger partial charge on any atom is 0.573 e. The van der Waals surface area contributed by atoms with Crippen molar-refractivity contribution in [1.29, 1.82) is 0 Å². The molecule has 1 aliphatic rings. The fourth-order valence-electron chi connectivity index (χ4n) is 1.94. The maximum atomic E-state index is 12.1. The summed E-state index contributed by atoms with van der Waals surface area (Å²) in [5.41, 5.74) is 0.217.